The molecule has 0 aromatic heterocycles. The van der Waals surface area contributed by atoms with E-state index in [1.165, 1.54) is 4.90 Å². The van der Waals surface area contributed by atoms with Gasteiger partial charge in [-0.05, 0) is 44.0 Å². The number of esters is 1. The van der Waals surface area contributed by atoms with Gasteiger partial charge in [0.2, 0.25) is 0 Å². The van der Waals surface area contributed by atoms with Gasteiger partial charge in [0.05, 0.1) is 5.56 Å². The minimum Gasteiger partial charge on any atom is -0.465 e. The van der Waals surface area contributed by atoms with Gasteiger partial charge in [0.15, 0.2) is 0 Å². The Morgan fingerprint density at radius 2 is 1.56 bits per heavy atom. The molecule has 5 nitrogen and oxygen atoms in total. The van der Waals surface area contributed by atoms with Crippen LogP contribution in [0.1, 0.15) is 42.3 Å². The Hall–Kier alpha value is -2.82. The van der Waals surface area contributed by atoms with Crippen molar-refractivity contribution >= 4 is 12.1 Å². The number of hydrogen-bond donors (Lipinski definition) is 1. The Morgan fingerprint density at radius 3 is 2.08 bits per heavy atom. The van der Waals surface area contributed by atoms with Crippen molar-refractivity contribution in [3.8, 4) is 0 Å². The average Bonchev–Trinajstić information content (AvgIpc) is 2.57. The van der Waals surface area contributed by atoms with Gasteiger partial charge >= 0.3 is 12.1 Å². The van der Waals surface area contributed by atoms with Crippen molar-refractivity contribution in [3.05, 3.63) is 71.3 Å². The third kappa shape index (κ3) is 5.35. The second-order valence-corrected chi connectivity index (χ2v) is 6.80. The lowest BCUT2D eigenvalue weighted by molar-refractivity contribution is 0.0472. The van der Waals surface area contributed by atoms with Crippen LogP contribution >= 0.6 is 0 Å². The summed E-state index contributed by atoms with van der Waals surface area (Å²) in [5, 5.41) is 9.34. The molecule has 0 aliphatic heterocycles. The molecule has 1 N–H and O–H groups in total. The molecule has 0 saturated carbocycles. The molecular weight excluding hydrogens is 318 g/mol. The standard InChI is InChI=1S/C20H23NO4/c1-20(2,3)21(19(23)24)13-15-9-11-17(12-10-15)18(22)25-14-16-7-5-4-6-8-16/h4-12H,13-14H2,1-3H3,(H,23,24). The summed E-state index contributed by atoms with van der Waals surface area (Å²) < 4.78 is 5.28. The van der Waals surface area contributed by atoms with Crippen LogP contribution in [0.4, 0.5) is 4.79 Å². The lowest BCUT2D eigenvalue weighted by Crippen LogP contribution is -2.44. The van der Waals surface area contributed by atoms with E-state index in [4.69, 9.17) is 4.74 Å². The van der Waals surface area contributed by atoms with Gasteiger partial charge < -0.3 is 9.84 Å². The van der Waals surface area contributed by atoms with Crippen LogP contribution in [0.5, 0.6) is 0 Å². The molecule has 2 aromatic rings. The van der Waals surface area contributed by atoms with Crippen LogP contribution in [0, 0.1) is 0 Å². The predicted octanol–water partition coefficient (Wildman–Crippen LogP) is 4.32. The van der Waals surface area contributed by atoms with Crippen molar-refractivity contribution in [3.63, 3.8) is 0 Å². The normalized spacial score (nSPS) is 11.0. The Morgan fingerprint density at radius 1 is 0.960 bits per heavy atom. The second-order valence-electron chi connectivity index (χ2n) is 6.80. The molecule has 0 atom stereocenters. The van der Waals surface area contributed by atoms with E-state index in [-0.39, 0.29) is 13.2 Å². The Kier molecular flexibility index (Phi) is 5.80. The fourth-order valence-corrected chi connectivity index (χ4v) is 2.33. The van der Waals surface area contributed by atoms with E-state index >= 15 is 0 Å². The Bertz CT molecular complexity index is 718. The van der Waals surface area contributed by atoms with Gasteiger partial charge in [0.1, 0.15) is 6.61 Å². The van der Waals surface area contributed by atoms with Crippen molar-refractivity contribution < 1.29 is 19.4 Å². The highest BCUT2D eigenvalue weighted by Gasteiger charge is 2.26. The molecule has 0 aliphatic rings. The molecule has 132 valence electrons. The number of carbonyl (C=O) groups excluding carboxylic acids is 1. The van der Waals surface area contributed by atoms with Crippen molar-refractivity contribution in [2.24, 2.45) is 0 Å². The van der Waals surface area contributed by atoms with Crippen molar-refractivity contribution in [1.29, 1.82) is 0 Å². The summed E-state index contributed by atoms with van der Waals surface area (Å²) in [4.78, 5) is 24.8. The van der Waals surface area contributed by atoms with Crippen LogP contribution in [0.15, 0.2) is 54.6 Å². The molecular formula is C20H23NO4. The summed E-state index contributed by atoms with van der Waals surface area (Å²) in [7, 11) is 0. The van der Waals surface area contributed by atoms with E-state index in [1.807, 2.05) is 51.1 Å². The second kappa shape index (κ2) is 7.83. The lowest BCUT2D eigenvalue weighted by Gasteiger charge is -2.33. The zero-order chi connectivity index (χ0) is 18.4. The fourth-order valence-electron chi connectivity index (χ4n) is 2.33. The fraction of sp³-hybridized carbons (Fsp3) is 0.300. The number of rotatable bonds is 5. The van der Waals surface area contributed by atoms with Crippen LogP contribution in [0.25, 0.3) is 0 Å². The number of hydrogen-bond acceptors (Lipinski definition) is 3. The third-order valence-corrected chi connectivity index (χ3v) is 3.78. The SMILES string of the molecule is CC(C)(C)N(Cc1ccc(C(=O)OCc2ccccc2)cc1)C(=O)O. The van der Waals surface area contributed by atoms with E-state index < -0.39 is 17.6 Å². The monoisotopic (exact) mass is 341 g/mol. The maximum atomic E-state index is 12.1. The summed E-state index contributed by atoms with van der Waals surface area (Å²) in [5.74, 6) is -0.402. The van der Waals surface area contributed by atoms with Crippen molar-refractivity contribution in [2.45, 2.75) is 39.5 Å². The van der Waals surface area contributed by atoms with E-state index in [0.29, 0.717) is 5.56 Å². The highest BCUT2D eigenvalue weighted by atomic mass is 16.5. The number of carbonyl (C=O) groups is 2. The van der Waals surface area contributed by atoms with Gasteiger partial charge in [0.25, 0.3) is 0 Å². The first kappa shape index (κ1) is 18.5. The smallest absolute Gasteiger partial charge is 0.408 e. The highest BCUT2D eigenvalue weighted by molar-refractivity contribution is 5.89. The summed E-state index contributed by atoms with van der Waals surface area (Å²) >= 11 is 0. The average molecular weight is 341 g/mol. The predicted molar refractivity (Wildman–Crippen MR) is 95.3 cm³/mol. The summed E-state index contributed by atoms with van der Waals surface area (Å²) in [5.41, 5.74) is 1.68. The number of amides is 1. The van der Waals surface area contributed by atoms with Gasteiger partial charge in [-0.1, -0.05) is 42.5 Å². The lowest BCUT2D eigenvalue weighted by atomic mass is 10.0. The molecule has 0 radical (unpaired) electrons. The molecule has 2 rings (SSSR count). The van der Waals surface area contributed by atoms with E-state index in [2.05, 4.69) is 0 Å². The van der Waals surface area contributed by atoms with Crippen LogP contribution in [-0.2, 0) is 17.9 Å². The summed E-state index contributed by atoms with van der Waals surface area (Å²) in [6.07, 6.45) is -0.973. The maximum absolute atomic E-state index is 12.1. The number of ether oxygens (including phenoxy) is 1. The van der Waals surface area contributed by atoms with Crippen molar-refractivity contribution in [1.82, 2.24) is 4.90 Å². The zero-order valence-electron chi connectivity index (χ0n) is 14.7. The molecule has 2 aromatic carbocycles. The molecule has 0 unspecified atom stereocenters. The number of nitrogens with zero attached hydrogens (tertiary/aromatic N) is 1. The highest BCUT2D eigenvalue weighted by Crippen LogP contribution is 2.18. The Labute approximate surface area is 147 Å². The summed E-state index contributed by atoms with van der Waals surface area (Å²) in [6, 6.07) is 16.3. The molecule has 1 amide bonds. The number of benzene rings is 2. The van der Waals surface area contributed by atoms with E-state index in [0.717, 1.165) is 11.1 Å². The topological polar surface area (TPSA) is 66.8 Å². The van der Waals surface area contributed by atoms with Gasteiger partial charge in [-0.25, -0.2) is 9.59 Å². The van der Waals surface area contributed by atoms with Crippen LogP contribution < -0.4 is 0 Å². The molecule has 0 heterocycles. The number of carboxylic acid groups (broad SMARTS) is 1. The van der Waals surface area contributed by atoms with Crippen LogP contribution in [0.3, 0.4) is 0 Å². The van der Waals surface area contributed by atoms with Gasteiger partial charge in [-0.15, -0.1) is 0 Å². The molecule has 25 heavy (non-hydrogen) atoms. The van der Waals surface area contributed by atoms with Crippen LogP contribution in [0.2, 0.25) is 0 Å². The summed E-state index contributed by atoms with van der Waals surface area (Å²) in [6.45, 7) is 6.01. The Balaban J connectivity index is 1.99. The van der Waals surface area contributed by atoms with Gasteiger partial charge in [0, 0.05) is 12.1 Å². The minimum absolute atomic E-state index is 0.220. The van der Waals surface area contributed by atoms with Gasteiger partial charge in [-0.2, -0.15) is 0 Å². The first-order valence-corrected chi connectivity index (χ1v) is 8.08. The van der Waals surface area contributed by atoms with E-state index in [1.54, 1.807) is 24.3 Å². The zero-order valence-corrected chi connectivity index (χ0v) is 14.7. The quantitative estimate of drug-likeness (QED) is 0.822. The molecule has 0 aliphatic carbocycles. The third-order valence-electron chi connectivity index (χ3n) is 3.78. The largest absolute Gasteiger partial charge is 0.465 e. The molecule has 5 heteroatoms. The van der Waals surface area contributed by atoms with E-state index in [9.17, 15) is 14.7 Å². The molecule has 0 bridgehead atoms. The molecule has 0 spiro atoms. The van der Waals surface area contributed by atoms with Crippen molar-refractivity contribution in [2.75, 3.05) is 0 Å². The first-order chi connectivity index (χ1) is 11.8. The minimum atomic E-state index is -0.973. The molecule has 0 fully saturated rings. The maximum Gasteiger partial charge on any atom is 0.408 e. The van der Waals surface area contributed by atoms with Gasteiger partial charge in [-0.3, -0.25) is 4.90 Å². The van der Waals surface area contributed by atoms with Crippen LogP contribution in [-0.4, -0.2) is 27.6 Å². The first-order valence-electron chi connectivity index (χ1n) is 8.08. The molecule has 0 saturated heterocycles.